The molecular formula is C19H25F2IN4O2. The maximum atomic E-state index is 12.6. The number of hydrogen-bond acceptors (Lipinski definition) is 4. The molecule has 0 radical (unpaired) electrons. The van der Waals surface area contributed by atoms with Gasteiger partial charge in [0, 0.05) is 31.0 Å². The van der Waals surface area contributed by atoms with Gasteiger partial charge in [-0.1, -0.05) is 6.07 Å². The molecule has 0 unspecified atom stereocenters. The predicted molar refractivity (Wildman–Crippen MR) is 116 cm³/mol. The summed E-state index contributed by atoms with van der Waals surface area (Å²) < 4.78 is 34.9. The first kappa shape index (κ1) is 23.9. The van der Waals surface area contributed by atoms with Crippen LogP contribution in [0.25, 0.3) is 0 Å². The van der Waals surface area contributed by atoms with E-state index in [0.29, 0.717) is 30.4 Å². The standard InChI is InChI=1S/C19H24F2N4O2.HI/c1-3-23-19(24-10-8-14-5-4-9-22-12-14)25-13-15-11-16(26-2)6-7-17(15)27-18(20)21;/h4-7,9,11-12,18H,3,8,10,13H2,1-2H3,(H2,23,24,25);1H. The molecule has 0 amide bonds. The van der Waals surface area contributed by atoms with Crippen LogP contribution in [-0.4, -0.2) is 37.8 Å². The van der Waals surface area contributed by atoms with E-state index in [0.717, 1.165) is 12.0 Å². The monoisotopic (exact) mass is 506 g/mol. The second-order valence-electron chi connectivity index (χ2n) is 5.59. The minimum Gasteiger partial charge on any atom is -0.497 e. The zero-order valence-electron chi connectivity index (χ0n) is 15.8. The van der Waals surface area contributed by atoms with Gasteiger partial charge in [0.15, 0.2) is 5.96 Å². The third kappa shape index (κ3) is 8.24. The molecule has 28 heavy (non-hydrogen) atoms. The quantitative estimate of drug-likeness (QED) is 0.309. The fourth-order valence-electron chi connectivity index (χ4n) is 2.39. The van der Waals surface area contributed by atoms with E-state index >= 15 is 0 Å². The van der Waals surface area contributed by atoms with E-state index in [4.69, 9.17) is 4.74 Å². The van der Waals surface area contributed by atoms with Crippen molar-refractivity contribution < 1.29 is 18.3 Å². The van der Waals surface area contributed by atoms with E-state index in [-0.39, 0.29) is 36.3 Å². The lowest BCUT2D eigenvalue weighted by atomic mass is 10.2. The van der Waals surface area contributed by atoms with Gasteiger partial charge in [-0.15, -0.1) is 24.0 Å². The zero-order chi connectivity index (χ0) is 19.5. The molecule has 0 spiro atoms. The number of halogens is 3. The maximum Gasteiger partial charge on any atom is 0.387 e. The molecule has 0 fully saturated rings. The van der Waals surface area contributed by atoms with Gasteiger partial charge in [-0.25, -0.2) is 4.99 Å². The van der Waals surface area contributed by atoms with E-state index in [2.05, 4.69) is 25.3 Å². The van der Waals surface area contributed by atoms with E-state index in [9.17, 15) is 8.78 Å². The number of nitrogens with zero attached hydrogens (tertiary/aromatic N) is 2. The third-order valence-electron chi connectivity index (χ3n) is 3.66. The average Bonchev–Trinajstić information content (AvgIpc) is 2.67. The van der Waals surface area contributed by atoms with Crippen LogP contribution in [0.3, 0.4) is 0 Å². The van der Waals surface area contributed by atoms with Gasteiger partial charge in [-0.05, 0) is 43.2 Å². The molecule has 2 aromatic rings. The Morgan fingerprint density at radius 1 is 1.25 bits per heavy atom. The Bertz CT molecular complexity index is 733. The highest BCUT2D eigenvalue weighted by Gasteiger charge is 2.11. The minimum atomic E-state index is -2.90. The number of nitrogens with one attached hydrogen (secondary N) is 2. The minimum absolute atomic E-state index is 0. The summed E-state index contributed by atoms with van der Waals surface area (Å²) in [5.41, 5.74) is 1.63. The maximum absolute atomic E-state index is 12.6. The van der Waals surface area contributed by atoms with Gasteiger partial charge in [-0.3, -0.25) is 4.98 Å². The number of benzene rings is 1. The molecule has 1 aromatic carbocycles. The van der Waals surface area contributed by atoms with Gasteiger partial charge in [0.1, 0.15) is 11.5 Å². The fraction of sp³-hybridized carbons (Fsp3) is 0.368. The summed E-state index contributed by atoms with van der Waals surface area (Å²) in [4.78, 5) is 8.54. The Morgan fingerprint density at radius 2 is 2.07 bits per heavy atom. The van der Waals surface area contributed by atoms with Crippen molar-refractivity contribution >= 4 is 29.9 Å². The molecule has 6 nitrogen and oxygen atoms in total. The van der Waals surface area contributed by atoms with Crippen molar-refractivity contribution in [3.8, 4) is 11.5 Å². The molecule has 0 saturated heterocycles. The molecule has 1 aromatic heterocycles. The summed E-state index contributed by atoms with van der Waals surface area (Å²) in [6.45, 7) is 0.566. The van der Waals surface area contributed by atoms with Crippen molar-refractivity contribution in [1.29, 1.82) is 0 Å². The summed E-state index contributed by atoms with van der Waals surface area (Å²) in [6.07, 6.45) is 4.34. The topological polar surface area (TPSA) is 67.8 Å². The second kappa shape index (κ2) is 13.1. The number of aromatic nitrogens is 1. The second-order valence-corrected chi connectivity index (χ2v) is 5.59. The van der Waals surface area contributed by atoms with E-state index in [1.165, 1.54) is 13.2 Å². The van der Waals surface area contributed by atoms with Gasteiger partial charge in [0.05, 0.1) is 13.7 Å². The van der Waals surface area contributed by atoms with Crippen molar-refractivity contribution in [3.63, 3.8) is 0 Å². The summed E-state index contributed by atoms with van der Waals surface area (Å²) in [7, 11) is 1.51. The summed E-state index contributed by atoms with van der Waals surface area (Å²) >= 11 is 0. The largest absolute Gasteiger partial charge is 0.497 e. The highest BCUT2D eigenvalue weighted by molar-refractivity contribution is 14.0. The molecule has 0 aliphatic carbocycles. The van der Waals surface area contributed by atoms with E-state index in [1.54, 1.807) is 18.3 Å². The number of rotatable bonds is 9. The van der Waals surface area contributed by atoms with Gasteiger partial charge in [-0.2, -0.15) is 8.78 Å². The van der Waals surface area contributed by atoms with Gasteiger partial charge >= 0.3 is 6.61 Å². The van der Waals surface area contributed by atoms with Gasteiger partial charge in [0.25, 0.3) is 0 Å². The number of aliphatic imine (C=N–C) groups is 1. The number of pyridine rings is 1. The van der Waals surface area contributed by atoms with Gasteiger partial charge < -0.3 is 20.1 Å². The predicted octanol–water partition coefficient (Wildman–Crippen LogP) is 3.61. The lowest BCUT2D eigenvalue weighted by Gasteiger charge is -2.13. The highest BCUT2D eigenvalue weighted by Crippen LogP contribution is 2.26. The Balaban J connectivity index is 0.00000392. The lowest BCUT2D eigenvalue weighted by Crippen LogP contribution is -2.38. The smallest absolute Gasteiger partial charge is 0.387 e. The van der Waals surface area contributed by atoms with Crippen molar-refractivity contribution in [3.05, 3.63) is 53.9 Å². The molecule has 0 saturated carbocycles. The Labute approximate surface area is 180 Å². The molecule has 0 aliphatic heterocycles. The van der Waals surface area contributed by atoms with E-state index < -0.39 is 6.61 Å². The molecule has 2 N–H and O–H groups in total. The molecule has 0 aliphatic rings. The molecule has 0 atom stereocenters. The zero-order valence-corrected chi connectivity index (χ0v) is 18.2. The first-order chi connectivity index (χ1) is 13.1. The Hall–Kier alpha value is -2.17. The van der Waals surface area contributed by atoms with Crippen LogP contribution in [0.4, 0.5) is 8.78 Å². The average molecular weight is 506 g/mol. The van der Waals surface area contributed by atoms with Crippen LogP contribution in [0.1, 0.15) is 18.1 Å². The molecule has 2 rings (SSSR count). The van der Waals surface area contributed by atoms with Crippen LogP contribution in [0.5, 0.6) is 11.5 Å². The molecule has 154 valence electrons. The number of guanidine groups is 1. The number of methoxy groups -OCH3 is 1. The van der Waals surface area contributed by atoms with Crippen LogP contribution in [-0.2, 0) is 13.0 Å². The third-order valence-corrected chi connectivity index (χ3v) is 3.66. The highest BCUT2D eigenvalue weighted by atomic mass is 127. The van der Waals surface area contributed by atoms with Crippen LogP contribution in [0.15, 0.2) is 47.7 Å². The van der Waals surface area contributed by atoms with Crippen molar-refractivity contribution in [2.75, 3.05) is 20.2 Å². The summed E-state index contributed by atoms with van der Waals surface area (Å²) in [6, 6.07) is 8.56. The fourth-order valence-corrected chi connectivity index (χ4v) is 2.39. The Kier molecular flexibility index (Phi) is 11.2. The SMILES string of the molecule is CCNC(=NCc1cc(OC)ccc1OC(F)F)NCCc1cccnc1.I. The Morgan fingerprint density at radius 3 is 2.71 bits per heavy atom. The summed E-state index contributed by atoms with van der Waals surface area (Å²) in [5.74, 6) is 1.23. The molecule has 9 heteroatoms. The summed E-state index contributed by atoms with van der Waals surface area (Å²) in [5, 5.41) is 6.35. The first-order valence-corrected chi connectivity index (χ1v) is 8.65. The van der Waals surface area contributed by atoms with Crippen LogP contribution in [0, 0.1) is 0 Å². The lowest BCUT2D eigenvalue weighted by molar-refractivity contribution is -0.0504. The normalized spacial score (nSPS) is 11.0. The molecule has 0 bridgehead atoms. The number of ether oxygens (including phenoxy) is 2. The van der Waals surface area contributed by atoms with Crippen LogP contribution < -0.4 is 20.1 Å². The molecular weight excluding hydrogens is 481 g/mol. The van der Waals surface area contributed by atoms with Crippen molar-refractivity contribution in [2.45, 2.75) is 26.5 Å². The number of alkyl halides is 2. The first-order valence-electron chi connectivity index (χ1n) is 8.65. The van der Waals surface area contributed by atoms with Gasteiger partial charge in [0.2, 0.25) is 0 Å². The molecule has 1 heterocycles. The van der Waals surface area contributed by atoms with Crippen molar-refractivity contribution in [2.24, 2.45) is 4.99 Å². The van der Waals surface area contributed by atoms with E-state index in [1.807, 2.05) is 25.3 Å². The number of hydrogen-bond donors (Lipinski definition) is 2. The van der Waals surface area contributed by atoms with Crippen LogP contribution in [0.2, 0.25) is 0 Å². The van der Waals surface area contributed by atoms with Crippen LogP contribution >= 0.6 is 24.0 Å². The van der Waals surface area contributed by atoms with Crippen molar-refractivity contribution in [1.82, 2.24) is 15.6 Å².